The predicted octanol–water partition coefficient (Wildman–Crippen LogP) is 5.37. The van der Waals surface area contributed by atoms with Crippen molar-refractivity contribution in [3.63, 3.8) is 0 Å². The fraction of sp³-hybridized carbons (Fsp3) is 0.267. The van der Waals surface area contributed by atoms with E-state index in [2.05, 4.69) is 11.6 Å². The number of nitrogens with zero attached hydrogens (tertiary/aromatic N) is 5. The molecule has 1 aliphatic rings. The summed E-state index contributed by atoms with van der Waals surface area (Å²) in [5.41, 5.74) is 1.76. The maximum absolute atomic E-state index is 15.0. The largest absolute Gasteiger partial charge is 0.507 e. The highest BCUT2D eigenvalue weighted by Crippen LogP contribution is 2.40. The third-order valence-electron chi connectivity index (χ3n) is 6.85. The normalized spacial score (nSPS) is 13.9. The molecule has 1 aliphatic heterocycles. The number of carbonyl (C=O) groups excluding carboxylic acids is 2. The first-order valence-corrected chi connectivity index (χ1v) is 13.2. The number of aromatic nitrogens is 1. The lowest BCUT2D eigenvalue weighted by atomic mass is 10.00. The average Bonchev–Trinajstić information content (AvgIpc) is 2.95. The number of phenols is 1. The van der Waals surface area contributed by atoms with Gasteiger partial charge in [-0.1, -0.05) is 56.3 Å². The molecule has 1 N–H and O–H groups in total. The van der Waals surface area contributed by atoms with Crippen molar-refractivity contribution < 1.29 is 19.1 Å². The number of hydrogen-bond donors (Lipinski definition) is 1. The first kappa shape index (κ1) is 28.8. The molecule has 0 bridgehead atoms. The van der Waals surface area contributed by atoms with Gasteiger partial charge >= 0.3 is 0 Å². The van der Waals surface area contributed by atoms with Crippen LogP contribution in [0.2, 0.25) is 5.02 Å². The third kappa shape index (κ3) is 5.56. The highest BCUT2D eigenvalue weighted by Gasteiger charge is 2.29. The maximum atomic E-state index is 15.0. The Balaban J connectivity index is 1.92. The van der Waals surface area contributed by atoms with E-state index < -0.39 is 5.82 Å². The number of pyridine rings is 1. The summed E-state index contributed by atoms with van der Waals surface area (Å²) >= 11 is 6.69. The predicted molar refractivity (Wildman–Crippen MR) is 156 cm³/mol. The molecule has 1 saturated heterocycles. The molecule has 0 radical (unpaired) electrons. The van der Waals surface area contributed by atoms with Crippen LogP contribution < -0.4 is 4.90 Å². The molecule has 10 heteroatoms. The lowest BCUT2D eigenvalue weighted by Gasteiger charge is -2.37. The van der Waals surface area contributed by atoms with Crippen LogP contribution in [0.1, 0.15) is 30.9 Å². The summed E-state index contributed by atoms with van der Waals surface area (Å²) in [5, 5.41) is 10.6. The summed E-state index contributed by atoms with van der Waals surface area (Å²) in [7, 11) is 1.62. The number of phenolic OH excluding ortho intramolecular Hbond substituents is 1. The Morgan fingerprint density at radius 2 is 1.82 bits per heavy atom. The number of para-hydroxylation sites is 1. The van der Waals surface area contributed by atoms with Crippen LogP contribution in [0.25, 0.3) is 11.3 Å². The summed E-state index contributed by atoms with van der Waals surface area (Å²) in [5.74, 6) is -0.420. The smallest absolute Gasteiger partial charge is 0.246 e. The summed E-state index contributed by atoms with van der Waals surface area (Å²) in [6, 6.07) is 13.0. The molecule has 1 aromatic heterocycles. The third-order valence-corrected chi connectivity index (χ3v) is 7.14. The number of halogens is 2. The topological polar surface area (TPSA) is 89.3 Å². The molecule has 2 amide bonds. The number of rotatable bonds is 7. The van der Waals surface area contributed by atoms with Crippen LogP contribution in [0, 0.1) is 5.82 Å². The number of amides is 2. The zero-order valence-electron chi connectivity index (χ0n) is 22.6. The van der Waals surface area contributed by atoms with Crippen molar-refractivity contribution in [1.82, 2.24) is 14.8 Å². The van der Waals surface area contributed by atoms with Crippen molar-refractivity contribution in [3.8, 4) is 17.0 Å². The van der Waals surface area contributed by atoms with Gasteiger partial charge in [0.1, 0.15) is 17.4 Å². The quantitative estimate of drug-likeness (QED) is 0.181. The Morgan fingerprint density at radius 3 is 2.42 bits per heavy atom. The number of benzene rings is 2. The summed E-state index contributed by atoms with van der Waals surface area (Å²) < 4.78 is 15.0. The Morgan fingerprint density at radius 1 is 1.15 bits per heavy atom. The number of amidine groups is 1. The van der Waals surface area contributed by atoms with Crippen LogP contribution in [0.3, 0.4) is 0 Å². The van der Waals surface area contributed by atoms with Gasteiger partial charge in [0, 0.05) is 33.2 Å². The van der Waals surface area contributed by atoms with Crippen molar-refractivity contribution in [2.24, 2.45) is 4.99 Å². The Kier molecular flexibility index (Phi) is 8.84. The van der Waals surface area contributed by atoms with Gasteiger partial charge in [-0.3, -0.25) is 19.5 Å². The van der Waals surface area contributed by atoms with Crippen LogP contribution in [-0.4, -0.2) is 71.3 Å². The first-order chi connectivity index (χ1) is 19.2. The minimum Gasteiger partial charge on any atom is -0.507 e. The van der Waals surface area contributed by atoms with Crippen LogP contribution in [0.15, 0.2) is 66.2 Å². The highest BCUT2D eigenvalue weighted by molar-refractivity contribution is 6.33. The maximum Gasteiger partial charge on any atom is 0.246 e. The molecule has 0 spiro atoms. The Labute approximate surface area is 238 Å². The van der Waals surface area contributed by atoms with Crippen molar-refractivity contribution in [2.75, 3.05) is 38.1 Å². The van der Waals surface area contributed by atoms with E-state index in [4.69, 9.17) is 16.6 Å². The fourth-order valence-electron chi connectivity index (χ4n) is 4.87. The Bertz CT molecular complexity index is 1450. The van der Waals surface area contributed by atoms with Crippen LogP contribution in [0.5, 0.6) is 5.75 Å². The van der Waals surface area contributed by atoms with Gasteiger partial charge in [0.15, 0.2) is 5.82 Å². The summed E-state index contributed by atoms with van der Waals surface area (Å²) in [4.78, 5) is 39.2. The Hall–Kier alpha value is -4.24. The molecule has 8 nitrogen and oxygen atoms in total. The van der Waals surface area contributed by atoms with Crippen LogP contribution in [0.4, 0.5) is 15.9 Å². The molecule has 2 heterocycles. The van der Waals surface area contributed by atoms with Gasteiger partial charge in [0.2, 0.25) is 12.3 Å². The van der Waals surface area contributed by atoms with Gasteiger partial charge in [-0.25, -0.2) is 9.37 Å². The minimum absolute atomic E-state index is 0.0123. The summed E-state index contributed by atoms with van der Waals surface area (Å²) in [6.45, 7) is 9.46. The number of carbonyl (C=O) groups is 2. The van der Waals surface area contributed by atoms with Crippen molar-refractivity contribution in [2.45, 2.75) is 19.8 Å². The van der Waals surface area contributed by atoms with E-state index in [-0.39, 0.29) is 39.7 Å². The van der Waals surface area contributed by atoms with E-state index in [1.807, 2.05) is 43.0 Å². The molecule has 0 aliphatic carbocycles. The average molecular weight is 564 g/mol. The van der Waals surface area contributed by atoms with E-state index in [0.717, 1.165) is 5.56 Å². The number of aliphatic imine (C=N–C) groups is 1. The van der Waals surface area contributed by atoms with E-state index in [9.17, 15) is 19.1 Å². The molecule has 40 heavy (non-hydrogen) atoms. The standard InChI is InChI=1S/C30H31ClFN5O3/c1-5-26(40)35-13-15-36(16-14-35)29(33-4)21-17-22(31)28(27-23(32)10-8-12-25(27)39)34-30(21)37(18-38)24-11-7-6-9-20(24)19(2)3/h5-12,17-19,39H,1,13-16H2,2-4H3/b33-29+. The lowest BCUT2D eigenvalue weighted by molar-refractivity contribution is -0.127. The minimum atomic E-state index is -0.708. The van der Waals surface area contributed by atoms with Gasteiger partial charge < -0.3 is 14.9 Å². The highest BCUT2D eigenvalue weighted by atomic mass is 35.5. The van der Waals surface area contributed by atoms with E-state index in [1.165, 1.54) is 29.2 Å². The molecule has 3 aromatic rings. The van der Waals surface area contributed by atoms with Gasteiger partial charge in [-0.05, 0) is 41.8 Å². The molecule has 208 valence electrons. The van der Waals surface area contributed by atoms with E-state index in [1.54, 1.807) is 18.0 Å². The molecule has 0 atom stereocenters. The molecular weight excluding hydrogens is 533 g/mol. The van der Waals surface area contributed by atoms with Crippen LogP contribution in [-0.2, 0) is 9.59 Å². The zero-order chi connectivity index (χ0) is 29.0. The molecule has 2 aromatic carbocycles. The van der Waals surface area contributed by atoms with E-state index >= 15 is 0 Å². The first-order valence-electron chi connectivity index (χ1n) is 12.9. The second kappa shape index (κ2) is 12.3. The van der Waals surface area contributed by atoms with Crippen LogP contribution >= 0.6 is 11.6 Å². The monoisotopic (exact) mass is 563 g/mol. The van der Waals surface area contributed by atoms with Gasteiger partial charge in [-0.2, -0.15) is 0 Å². The van der Waals surface area contributed by atoms with Gasteiger partial charge in [-0.15, -0.1) is 0 Å². The SMILES string of the molecule is C=CC(=O)N1CCN(/C(=N/C)c2cc(Cl)c(-c3c(O)cccc3F)nc2N(C=O)c2ccccc2C(C)C)CC1. The van der Waals surface area contributed by atoms with Gasteiger partial charge in [0.05, 0.1) is 27.5 Å². The summed E-state index contributed by atoms with van der Waals surface area (Å²) in [6.07, 6.45) is 1.94. The van der Waals surface area contributed by atoms with Gasteiger partial charge in [0.25, 0.3) is 0 Å². The van der Waals surface area contributed by atoms with E-state index in [0.29, 0.717) is 49.7 Å². The fourth-order valence-corrected chi connectivity index (χ4v) is 5.11. The zero-order valence-corrected chi connectivity index (χ0v) is 23.4. The second-order valence-electron chi connectivity index (χ2n) is 9.58. The number of hydrogen-bond acceptors (Lipinski definition) is 5. The number of aromatic hydroxyl groups is 1. The molecule has 0 saturated carbocycles. The molecule has 0 unspecified atom stereocenters. The lowest BCUT2D eigenvalue weighted by Crippen LogP contribution is -2.50. The number of anilines is 2. The number of piperazine rings is 1. The van der Waals surface area contributed by atoms with Crippen molar-refractivity contribution in [3.05, 3.63) is 83.2 Å². The van der Waals surface area contributed by atoms with Crippen molar-refractivity contribution >= 4 is 41.3 Å². The molecule has 1 fully saturated rings. The molecule has 4 rings (SSSR count). The second-order valence-corrected chi connectivity index (χ2v) is 9.98. The van der Waals surface area contributed by atoms with Crippen molar-refractivity contribution in [1.29, 1.82) is 0 Å². The molecular formula is C30H31ClFN5O3.